The monoisotopic (exact) mass is 688 g/mol. The molecule has 3 fully saturated rings. The molecule has 4 aromatic rings. The third-order valence-electron chi connectivity index (χ3n) is 11.0. The molecule has 2 saturated carbocycles. The van der Waals surface area contributed by atoms with Crippen LogP contribution >= 0.6 is 0 Å². The number of hydrogen-bond donors (Lipinski definition) is 2. The maximum absolute atomic E-state index is 14.2. The average Bonchev–Trinajstić information content (AvgIpc) is 3.76. The van der Waals surface area contributed by atoms with E-state index in [2.05, 4.69) is 56.5 Å². The maximum Gasteiger partial charge on any atom is 0.252 e. The van der Waals surface area contributed by atoms with Gasteiger partial charge in [0, 0.05) is 42.3 Å². The molecule has 0 bridgehead atoms. The standard InChI is InChI=1S/C42H50N5O4/c1-45(2)27-34-28-46(24-25-51-34)37(48)29-47-36-26-32(40(49)44-42(22-12-13-23-42)41(50)43-33-18-10-5-11-19-33)20-21-35(36)38(30-14-6-3-7-15-30)39(47)31-16-8-4-9-17-31/h4-5,8-11,16-18,20-21,26,30,34H,3,6-7,12-15,22-25,27-29H2,1-2H3,(H,43,50)(H,44,49). The first kappa shape index (κ1) is 35.0. The second-order valence-electron chi connectivity index (χ2n) is 14.8. The molecular weight excluding hydrogens is 638 g/mol. The highest BCUT2D eigenvalue weighted by Crippen LogP contribution is 2.44. The molecule has 0 spiro atoms. The van der Waals surface area contributed by atoms with Gasteiger partial charge in [-0.1, -0.05) is 86.7 Å². The number of fused-ring (bicyclic) bond motifs is 1. The third kappa shape index (κ3) is 7.60. The van der Waals surface area contributed by atoms with Gasteiger partial charge in [-0.15, -0.1) is 0 Å². The number of morpholine rings is 1. The van der Waals surface area contributed by atoms with E-state index in [1.807, 2.05) is 49.3 Å². The van der Waals surface area contributed by atoms with E-state index in [4.69, 9.17) is 4.74 Å². The van der Waals surface area contributed by atoms with Gasteiger partial charge < -0.3 is 29.7 Å². The smallest absolute Gasteiger partial charge is 0.252 e. The van der Waals surface area contributed by atoms with E-state index in [-0.39, 0.29) is 30.4 Å². The minimum atomic E-state index is -1.00. The van der Waals surface area contributed by atoms with E-state index in [1.165, 1.54) is 24.8 Å². The summed E-state index contributed by atoms with van der Waals surface area (Å²) in [5, 5.41) is 7.25. The zero-order valence-corrected chi connectivity index (χ0v) is 30.0. The van der Waals surface area contributed by atoms with Crippen molar-refractivity contribution < 1.29 is 19.1 Å². The van der Waals surface area contributed by atoms with Crippen molar-refractivity contribution >= 4 is 34.3 Å². The number of nitrogens with one attached hydrogen (secondary N) is 2. The third-order valence-corrected chi connectivity index (χ3v) is 11.0. The van der Waals surface area contributed by atoms with E-state index < -0.39 is 5.54 Å². The van der Waals surface area contributed by atoms with Crippen molar-refractivity contribution in [3.8, 4) is 11.3 Å². The van der Waals surface area contributed by atoms with Crippen molar-refractivity contribution in [1.29, 1.82) is 0 Å². The van der Waals surface area contributed by atoms with E-state index >= 15 is 0 Å². The van der Waals surface area contributed by atoms with Gasteiger partial charge in [0.15, 0.2) is 0 Å². The van der Waals surface area contributed by atoms with Crippen molar-refractivity contribution in [1.82, 2.24) is 19.7 Å². The van der Waals surface area contributed by atoms with E-state index in [1.54, 1.807) is 12.1 Å². The summed E-state index contributed by atoms with van der Waals surface area (Å²) in [6, 6.07) is 26.6. The molecule has 1 atom stereocenters. The molecule has 2 aliphatic carbocycles. The van der Waals surface area contributed by atoms with Gasteiger partial charge in [0.05, 0.1) is 23.9 Å². The minimum absolute atomic E-state index is 0.0410. The second kappa shape index (κ2) is 15.4. The quantitative estimate of drug-likeness (QED) is 0.195. The summed E-state index contributed by atoms with van der Waals surface area (Å²) >= 11 is 0. The normalized spacial score (nSPS) is 19.4. The SMILES string of the molecule is CN(C)CC1CN(C(=O)Cn2c(-c3ccccc3)c(C3CCCCC3)c3ccc(C(=O)NC4(C(=O)Nc5[c]cccc5)CCCC4)cc32)CCO1. The first-order valence-electron chi connectivity index (χ1n) is 18.7. The van der Waals surface area contributed by atoms with Gasteiger partial charge >= 0.3 is 0 Å². The molecule has 51 heavy (non-hydrogen) atoms. The van der Waals surface area contributed by atoms with Crippen LogP contribution in [0.15, 0.2) is 72.8 Å². The van der Waals surface area contributed by atoms with E-state index in [9.17, 15) is 14.4 Å². The lowest BCUT2D eigenvalue weighted by Gasteiger charge is -2.34. The summed E-state index contributed by atoms with van der Waals surface area (Å²) < 4.78 is 8.16. The van der Waals surface area contributed by atoms with Gasteiger partial charge in [0.1, 0.15) is 12.1 Å². The molecule has 1 unspecified atom stereocenters. The van der Waals surface area contributed by atoms with Crippen LogP contribution in [-0.2, 0) is 20.9 Å². The Balaban J connectivity index is 1.27. The van der Waals surface area contributed by atoms with E-state index in [0.717, 1.165) is 54.4 Å². The Morgan fingerprint density at radius 3 is 2.43 bits per heavy atom. The first-order valence-corrected chi connectivity index (χ1v) is 18.7. The molecule has 1 radical (unpaired) electrons. The molecule has 7 rings (SSSR count). The predicted molar refractivity (Wildman–Crippen MR) is 201 cm³/mol. The lowest BCUT2D eigenvalue weighted by atomic mass is 9.81. The lowest BCUT2D eigenvalue weighted by molar-refractivity contribution is -0.139. The molecule has 3 amide bonds. The number of rotatable bonds is 10. The zero-order valence-electron chi connectivity index (χ0n) is 30.0. The summed E-state index contributed by atoms with van der Waals surface area (Å²) in [4.78, 5) is 46.1. The number of likely N-dealkylation sites (N-methyl/N-ethyl adjacent to an activating group) is 1. The molecule has 1 aliphatic heterocycles. The number of carbonyl (C=O) groups excluding carboxylic acids is 3. The number of benzene rings is 3. The average molecular weight is 689 g/mol. The highest BCUT2D eigenvalue weighted by molar-refractivity contribution is 6.06. The van der Waals surface area contributed by atoms with Crippen LogP contribution in [0.2, 0.25) is 0 Å². The van der Waals surface area contributed by atoms with Gasteiger partial charge in [-0.05, 0) is 75.0 Å². The molecule has 2 heterocycles. The van der Waals surface area contributed by atoms with Crippen LogP contribution in [0.4, 0.5) is 5.69 Å². The molecule has 3 aliphatic rings. The van der Waals surface area contributed by atoms with Crippen molar-refractivity contribution in [2.45, 2.75) is 81.9 Å². The van der Waals surface area contributed by atoms with Gasteiger partial charge in [-0.25, -0.2) is 0 Å². The number of anilines is 1. The van der Waals surface area contributed by atoms with Crippen molar-refractivity contribution in [3.05, 3.63) is 90.0 Å². The predicted octanol–water partition coefficient (Wildman–Crippen LogP) is 6.63. The first-order chi connectivity index (χ1) is 24.8. The molecule has 2 N–H and O–H groups in total. The highest BCUT2D eigenvalue weighted by Gasteiger charge is 2.43. The summed E-state index contributed by atoms with van der Waals surface area (Å²) in [5.74, 6) is -0.0961. The van der Waals surface area contributed by atoms with Gasteiger partial charge in [-0.3, -0.25) is 14.4 Å². The minimum Gasteiger partial charge on any atom is -0.373 e. The Morgan fingerprint density at radius 1 is 0.941 bits per heavy atom. The fourth-order valence-corrected chi connectivity index (χ4v) is 8.48. The van der Waals surface area contributed by atoms with Crippen LogP contribution in [0.25, 0.3) is 22.2 Å². The topological polar surface area (TPSA) is 95.9 Å². The zero-order chi connectivity index (χ0) is 35.4. The fourth-order valence-electron chi connectivity index (χ4n) is 8.48. The number of aromatic nitrogens is 1. The van der Waals surface area contributed by atoms with Crippen molar-refractivity contribution in [2.24, 2.45) is 0 Å². The van der Waals surface area contributed by atoms with Crippen LogP contribution < -0.4 is 10.6 Å². The van der Waals surface area contributed by atoms with Crippen LogP contribution in [0.5, 0.6) is 0 Å². The summed E-state index contributed by atoms with van der Waals surface area (Å²) in [7, 11) is 4.04. The van der Waals surface area contributed by atoms with Gasteiger partial charge in [0.2, 0.25) is 11.8 Å². The van der Waals surface area contributed by atoms with Gasteiger partial charge in [0.25, 0.3) is 5.91 Å². The largest absolute Gasteiger partial charge is 0.373 e. The van der Waals surface area contributed by atoms with Crippen LogP contribution in [0.3, 0.4) is 0 Å². The number of ether oxygens (including phenoxy) is 1. The maximum atomic E-state index is 14.2. The molecule has 9 nitrogen and oxygen atoms in total. The molecule has 1 saturated heterocycles. The molecule has 9 heteroatoms. The fraction of sp³-hybridized carbons (Fsp3) is 0.452. The van der Waals surface area contributed by atoms with Crippen molar-refractivity contribution in [3.63, 3.8) is 0 Å². The molecule has 3 aromatic carbocycles. The number of hydrogen-bond acceptors (Lipinski definition) is 5. The Morgan fingerprint density at radius 2 is 1.71 bits per heavy atom. The lowest BCUT2D eigenvalue weighted by Crippen LogP contribution is -2.55. The highest BCUT2D eigenvalue weighted by atomic mass is 16.5. The Bertz CT molecular complexity index is 1840. The van der Waals surface area contributed by atoms with Crippen LogP contribution in [-0.4, -0.2) is 84.1 Å². The number of nitrogens with zero attached hydrogens (tertiary/aromatic N) is 3. The Labute approximate surface area is 301 Å². The molecule has 1 aromatic heterocycles. The van der Waals surface area contributed by atoms with Crippen LogP contribution in [0.1, 0.15) is 79.6 Å². The van der Waals surface area contributed by atoms with E-state index in [0.29, 0.717) is 49.7 Å². The number of carbonyl (C=O) groups is 3. The Hall–Kier alpha value is -4.47. The number of amides is 3. The second-order valence-corrected chi connectivity index (χ2v) is 14.8. The number of para-hydroxylation sites is 1. The molecular formula is C42H50N5O4. The van der Waals surface area contributed by atoms with Gasteiger partial charge in [-0.2, -0.15) is 0 Å². The molecule has 267 valence electrons. The summed E-state index contributed by atoms with van der Waals surface area (Å²) in [6.07, 6.45) is 8.61. The Kier molecular flexibility index (Phi) is 10.6. The summed E-state index contributed by atoms with van der Waals surface area (Å²) in [6.45, 7) is 2.52. The summed E-state index contributed by atoms with van der Waals surface area (Å²) in [5.41, 5.74) is 4.34. The van der Waals surface area contributed by atoms with Crippen molar-refractivity contribution in [2.75, 3.05) is 45.7 Å². The van der Waals surface area contributed by atoms with Crippen LogP contribution in [0, 0.1) is 6.07 Å².